The smallest absolute Gasteiger partial charge is 0.254 e. The lowest BCUT2D eigenvalue weighted by molar-refractivity contribution is -0.120. The van der Waals surface area contributed by atoms with Crippen LogP contribution in [0.15, 0.2) is 24.3 Å². The summed E-state index contributed by atoms with van der Waals surface area (Å²) >= 11 is 6.28. The SMILES string of the molecule is Cc1nc(N)nc(-c2ccc(C(=O)N3CCC(=O)NCC3C)cc2)c1Cl. The molecule has 1 aromatic carbocycles. The topological polar surface area (TPSA) is 101 Å². The minimum atomic E-state index is -0.106. The third-order valence-electron chi connectivity index (χ3n) is 4.41. The molecule has 3 rings (SSSR count). The molecule has 0 spiro atoms. The molecular formula is C18H20ClN5O2. The number of rotatable bonds is 2. The molecule has 2 amide bonds. The van der Waals surface area contributed by atoms with Gasteiger partial charge in [-0.2, -0.15) is 0 Å². The van der Waals surface area contributed by atoms with Gasteiger partial charge in [-0.3, -0.25) is 9.59 Å². The Morgan fingerprint density at radius 1 is 1.31 bits per heavy atom. The van der Waals surface area contributed by atoms with Crippen LogP contribution < -0.4 is 11.1 Å². The molecule has 0 saturated carbocycles. The fourth-order valence-corrected chi connectivity index (χ4v) is 3.11. The Bertz CT molecular complexity index is 853. The van der Waals surface area contributed by atoms with E-state index in [4.69, 9.17) is 17.3 Å². The van der Waals surface area contributed by atoms with Gasteiger partial charge < -0.3 is 16.0 Å². The van der Waals surface area contributed by atoms with Crippen molar-refractivity contribution in [2.45, 2.75) is 26.3 Å². The van der Waals surface area contributed by atoms with E-state index >= 15 is 0 Å². The van der Waals surface area contributed by atoms with Crippen molar-refractivity contribution in [2.75, 3.05) is 18.8 Å². The van der Waals surface area contributed by atoms with Crippen LogP contribution in [0.3, 0.4) is 0 Å². The zero-order chi connectivity index (χ0) is 18.8. The summed E-state index contributed by atoms with van der Waals surface area (Å²) in [5.41, 5.74) is 8.15. The van der Waals surface area contributed by atoms with Crippen LogP contribution in [0.4, 0.5) is 5.95 Å². The number of nitrogens with zero attached hydrogens (tertiary/aromatic N) is 3. The molecule has 0 bridgehead atoms. The number of amides is 2. The quantitative estimate of drug-likeness (QED) is 0.838. The summed E-state index contributed by atoms with van der Waals surface area (Å²) in [6.45, 7) is 4.54. The van der Waals surface area contributed by atoms with Crippen LogP contribution >= 0.6 is 11.6 Å². The number of halogens is 1. The van der Waals surface area contributed by atoms with Gasteiger partial charge >= 0.3 is 0 Å². The highest BCUT2D eigenvalue weighted by molar-refractivity contribution is 6.33. The fraction of sp³-hybridized carbons (Fsp3) is 0.333. The lowest BCUT2D eigenvalue weighted by atomic mass is 10.1. The summed E-state index contributed by atoms with van der Waals surface area (Å²) in [5, 5.41) is 3.24. The summed E-state index contributed by atoms with van der Waals surface area (Å²) < 4.78 is 0. The van der Waals surface area contributed by atoms with E-state index in [0.717, 1.165) is 5.56 Å². The van der Waals surface area contributed by atoms with E-state index < -0.39 is 0 Å². The third-order valence-corrected chi connectivity index (χ3v) is 4.86. The van der Waals surface area contributed by atoms with Crippen molar-refractivity contribution in [3.8, 4) is 11.3 Å². The largest absolute Gasteiger partial charge is 0.368 e. The first-order chi connectivity index (χ1) is 12.4. The maximum Gasteiger partial charge on any atom is 0.254 e. The number of nitrogens with one attached hydrogen (secondary N) is 1. The molecule has 26 heavy (non-hydrogen) atoms. The highest BCUT2D eigenvalue weighted by Crippen LogP contribution is 2.28. The summed E-state index contributed by atoms with van der Waals surface area (Å²) in [7, 11) is 0. The van der Waals surface area contributed by atoms with Crippen LogP contribution in [-0.4, -0.2) is 45.8 Å². The number of aryl methyl sites for hydroxylation is 1. The number of carbonyl (C=O) groups excluding carboxylic acids is 2. The van der Waals surface area contributed by atoms with E-state index in [2.05, 4.69) is 15.3 Å². The average Bonchev–Trinajstić information content (AvgIpc) is 2.79. The van der Waals surface area contributed by atoms with Gasteiger partial charge in [0.15, 0.2) is 0 Å². The van der Waals surface area contributed by atoms with Gasteiger partial charge in [0, 0.05) is 36.7 Å². The second-order valence-electron chi connectivity index (χ2n) is 6.31. The first-order valence-corrected chi connectivity index (χ1v) is 8.72. The molecule has 1 saturated heterocycles. The van der Waals surface area contributed by atoms with E-state index in [9.17, 15) is 9.59 Å². The molecule has 1 fully saturated rings. The lowest BCUT2D eigenvalue weighted by Gasteiger charge is -2.26. The number of nitrogen functional groups attached to an aromatic ring is 1. The predicted molar refractivity (Wildman–Crippen MR) is 99.8 cm³/mol. The van der Waals surface area contributed by atoms with Crippen molar-refractivity contribution in [1.82, 2.24) is 20.2 Å². The highest BCUT2D eigenvalue weighted by Gasteiger charge is 2.25. The zero-order valence-electron chi connectivity index (χ0n) is 14.6. The van der Waals surface area contributed by atoms with E-state index in [1.54, 1.807) is 36.1 Å². The minimum Gasteiger partial charge on any atom is -0.368 e. The van der Waals surface area contributed by atoms with Crippen LogP contribution in [0.5, 0.6) is 0 Å². The van der Waals surface area contributed by atoms with Gasteiger partial charge in [-0.1, -0.05) is 23.7 Å². The maximum absolute atomic E-state index is 12.8. The Balaban J connectivity index is 1.86. The van der Waals surface area contributed by atoms with Gasteiger partial charge in [0.05, 0.1) is 16.4 Å². The Morgan fingerprint density at radius 3 is 2.69 bits per heavy atom. The van der Waals surface area contributed by atoms with Crippen molar-refractivity contribution in [3.63, 3.8) is 0 Å². The second-order valence-corrected chi connectivity index (χ2v) is 6.69. The molecule has 2 heterocycles. The molecule has 1 aliphatic rings. The number of carbonyl (C=O) groups is 2. The number of anilines is 1. The predicted octanol–water partition coefficient (Wildman–Crippen LogP) is 2.04. The van der Waals surface area contributed by atoms with Gasteiger partial charge in [-0.25, -0.2) is 9.97 Å². The monoisotopic (exact) mass is 373 g/mol. The fourth-order valence-electron chi connectivity index (χ4n) is 2.91. The van der Waals surface area contributed by atoms with E-state index in [-0.39, 0.29) is 23.8 Å². The molecule has 1 unspecified atom stereocenters. The van der Waals surface area contributed by atoms with E-state index in [1.807, 2.05) is 6.92 Å². The van der Waals surface area contributed by atoms with Crippen molar-refractivity contribution < 1.29 is 9.59 Å². The standard InChI is InChI=1S/C18H20ClN5O2/c1-10-9-21-14(25)7-8-24(10)17(26)13-5-3-12(4-6-13)16-15(19)11(2)22-18(20)23-16/h3-6,10H,7-9H2,1-2H3,(H,21,25)(H2,20,22,23). The maximum atomic E-state index is 12.8. The van der Waals surface area contributed by atoms with Gasteiger partial charge in [0.2, 0.25) is 11.9 Å². The molecule has 136 valence electrons. The van der Waals surface area contributed by atoms with Gasteiger partial charge in [-0.15, -0.1) is 0 Å². The Labute approximate surface area is 156 Å². The molecule has 7 nitrogen and oxygen atoms in total. The first-order valence-electron chi connectivity index (χ1n) is 8.34. The van der Waals surface area contributed by atoms with E-state index in [1.165, 1.54) is 0 Å². The van der Waals surface area contributed by atoms with Crippen molar-refractivity contribution in [3.05, 3.63) is 40.5 Å². The Morgan fingerprint density at radius 2 is 2.00 bits per heavy atom. The summed E-state index contributed by atoms with van der Waals surface area (Å²) in [6, 6.07) is 6.97. The van der Waals surface area contributed by atoms with Gasteiger partial charge in [-0.05, 0) is 26.0 Å². The summed E-state index contributed by atoms with van der Waals surface area (Å²) in [4.78, 5) is 34.3. The van der Waals surface area contributed by atoms with Crippen molar-refractivity contribution in [1.29, 1.82) is 0 Å². The highest BCUT2D eigenvalue weighted by atomic mass is 35.5. The number of aromatic nitrogens is 2. The van der Waals surface area contributed by atoms with Crippen LogP contribution in [0.25, 0.3) is 11.3 Å². The van der Waals surface area contributed by atoms with Crippen molar-refractivity contribution >= 4 is 29.4 Å². The Hall–Kier alpha value is -2.67. The number of nitrogens with two attached hydrogens (primary N) is 1. The normalized spacial score (nSPS) is 17.6. The molecule has 1 aromatic heterocycles. The molecular weight excluding hydrogens is 354 g/mol. The van der Waals surface area contributed by atoms with Crippen molar-refractivity contribution in [2.24, 2.45) is 0 Å². The molecule has 0 aliphatic carbocycles. The van der Waals surface area contributed by atoms with Crippen LogP contribution in [0.2, 0.25) is 5.02 Å². The zero-order valence-corrected chi connectivity index (χ0v) is 15.4. The summed E-state index contributed by atoms with van der Waals surface area (Å²) in [6.07, 6.45) is 0.309. The molecule has 1 aliphatic heterocycles. The molecule has 1 atom stereocenters. The van der Waals surface area contributed by atoms with Gasteiger partial charge in [0.1, 0.15) is 0 Å². The molecule has 0 radical (unpaired) electrons. The Kier molecular flexibility index (Phi) is 5.08. The van der Waals surface area contributed by atoms with Crippen LogP contribution in [-0.2, 0) is 4.79 Å². The summed E-state index contributed by atoms with van der Waals surface area (Å²) in [5.74, 6) is 0.0106. The average molecular weight is 374 g/mol. The number of hydrogen-bond donors (Lipinski definition) is 2. The molecule has 2 aromatic rings. The lowest BCUT2D eigenvalue weighted by Crippen LogP contribution is -2.41. The number of benzene rings is 1. The minimum absolute atomic E-state index is 0.0335. The second kappa shape index (κ2) is 7.29. The van der Waals surface area contributed by atoms with E-state index in [0.29, 0.717) is 41.5 Å². The third kappa shape index (κ3) is 3.62. The van der Waals surface area contributed by atoms with Crippen LogP contribution in [0.1, 0.15) is 29.4 Å². The first kappa shape index (κ1) is 18.1. The number of hydrogen-bond acceptors (Lipinski definition) is 5. The van der Waals surface area contributed by atoms with Gasteiger partial charge in [0.25, 0.3) is 5.91 Å². The molecule has 3 N–H and O–H groups in total. The van der Waals surface area contributed by atoms with Crippen LogP contribution in [0, 0.1) is 6.92 Å². The molecule has 8 heteroatoms.